The highest BCUT2D eigenvalue weighted by Gasteiger charge is 2.25. The number of nitrogens with one attached hydrogen (secondary N) is 2. The standard InChI is InChI=1S/C18H27N3O2.2ClH/c22-18(16-7-4-8-19-13-16)20-17(15-5-2-1-3-6-15)14-21-9-11-23-12-10-21;;/h1-3,5-6,16-17,19H,4,7-14H2,(H,20,22);2*1H. The van der Waals surface area contributed by atoms with Crippen molar-refractivity contribution in [3.05, 3.63) is 35.9 Å². The van der Waals surface area contributed by atoms with E-state index in [0.717, 1.165) is 58.8 Å². The zero-order valence-electron chi connectivity index (χ0n) is 14.5. The molecule has 1 aromatic carbocycles. The van der Waals surface area contributed by atoms with Crippen molar-refractivity contribution in [3.8, 4) is 0 Å². The Morgan fingerprint density at radius 2 is 1.96 bits per heavy atom. The normalized spacial score (nSPS) is 22.2. The highest BCUT2D eigenvalue weighted by atomic mass is 35.5. The van der Waals surface area contributed by atoms with E-state index in [1.807, 2.05) is 18.2 Å². The SMILES string of the molecule is Cl.Cl.O=C(NC(CN1CCOCC1)c1ccccc1)C1CCCNC1. The van der Waals surface area contributed by atoms with E-state index in [-0.39, 0.29) is 42.7 Å². The second-order valence-corrected chi connectivity index (χ2v) is 6.43. The number of rotatable bonds is 5. The highest BCUT2D eigenvalue weighted by molar-refractivity contribution is 5.85. The van der Waals surface area contributed by atoms with Crippen LogP contribution in [-0.2, 0) is 9.53 Å². The van der Waals surface area contributed by atoms with E-state index in [0.29, 0.717) is 0 Å². The average molecular weight is 390 g/mol. The van der Waals surface area contributed by atoms with Gasteiger partial charge in [-0.3, -0.25) is 9.69 Å². The molecule has 25 heavy (non-hydrogen) atoms. The van der Waals surface area contributed by atoms with Crippen LogP contribution >= 0.6 is 24.8 Å². The van der Waals surface area contributed by atoms with Crippen molar-refractivity contribution >= 4 is 30.7 Å². The number of nitrogens with zero attached hydrogens (tertiary/aromatic N) is 1. The molecule has 0 bridgehead atoms. The number of amides is 1. The summed E-state index contributed by atoms with van der Waals surface area (Å²) in [6, 6.07) is 10.3. The van der Waals surface area contributed by atoms with E-state index in [1.165, 1.54) is 5.56 Å². The van der Waals surface area contributed by atoms with Gasteiger partial charge in [-0.25, -0.2) is 0 Å². The van der Waals surface area contributed by atoms with Crippen LogP contribution in [0.1, 0.15) is 24.4 Å². The van der Waals surface area contributed by atoms with Crippen LogP contribution < -0.4 is 10.6 Å². The second kappa shape index (κ2) is 11.7. The summed E-state index contributed by atoms with van der Waals surface area (Å²) in [5.74, 6) is 0.277. The van der Waals surface area contributed by atoms with E-state index in [4.69, 9.17) is 4.74 Å². The van der Waals surface area contributed by atoms with E-state index >= 15 is 0 Å². The van der Waals surface area contributed by atoms with Crippen molar-refractivity contribution in [3.63, 3.8) is 0 Å². The predicted octanol–water partition coefficient (Wildman–Crippen LogP) is 2.02. The van der Waals surface area contributed by atoms with Gasteiger partial charge in [-0.05, 0) is 24.9 Å². The van der Waals surface area contributed by atoms with Gasteiger partial charge in [0.1, 0.15) is 0 Å². The van der Waals surface area contributed by atoms with Crippen LogP contribution in [0.15, 0.2) is 30.3 Å². The maximum Gasteiger partial charge on any atom is 0.224 e. The molecule has 0 aliphatic carbocycles. The molecule has 2 saturated heterocycles. The first-order chi connectivity index (χ1) is 11.3. The lowest BCUT2D eigenvalue weighted by atomic mass is 9.97. The van der Waals surface area contributed by atoms with Gasteiger partial charge in [0, 0.05) is 26.2 Å². The molecular formula is C18H29Cl2N3O2. The summed E-state index contributed by atoms with van der Waals surface area (Å²) in [7, 11) is 0. The van der Waals surface area contributed by atoms with Crippen molar-refractivity contribution in [1.82, 2.24) is 15.5 Å². The van der Waals surface area contributed by atoms with Gasteiger partial charge < -0.3 is 15.4 Å². The minimum Gasteiger partial charge on any atom is -0.379 e. The lowest BCUT2D eigenvalue weighted by molar-refractivity contribution is -0.126. The zero-order valence-corrected chi connectivity index (χ0v) is 16.1. The van der Waals surface area contributed by atoms with Gasteiger partial charge in [0.15, 0.2) is 0 Å². The maximum absolute atomic E-state index is 12.6. The summed E-state index contributed by atoms with van der Waals surface area (Å²) in [6.07, 6.45) is 2.06. The highest BCUT2D eigenvalue weighted by Crippen LogP contribution is 2.18. The topological polar surface area (TPSA) is 53.6 Å². The molecule has 0 radical (unpaired) electrons. The minimum absolute atomic E-state index is 0. The molecule has 0 aromatic heterocycles. The smallest absolute Gasteiger partial charge is 0.224 e. The number of piperidine rings is 1. The zero-order chi connectivity index (χ0) is 15.9. The molecule has 5 nitrogen and oxygen atoms in total. The Morgan fingerprint density at radius 1 is 1.24 bits per heavy atom. The number of carbonyl (C=O) groups is 1. The van der Waals surface area contributed by atoms with Crippen molar-refractivity contribution in [1.29, 1.82) is 0 Å². The number of ether oxygens (including phenoxy) is 1. The van der Waals surface area contributed by atoms with Gasteiger partial charge in [0.25, 0.3) is 0 Å². The number of hydrogen-bond donors (Lipinski definition) is 2. The van der Waals surface area contributed by atoms with E-state index in [1.54, 1.807) is 0 Å². The van der Waals surface area contributed by atoms with Gasteiger partial charge in [0.2, 0.25) is 5.91 Å². The van der Waals surface area contributed by atoms with Crippen LogP contribution in [0.5, 0.6) is 0 Å². The quantitative estimate of drug-likeness (QED) is 0.808. The molecule has 2 aliphatic heterocycles. The Kier molecular flexibility index (Phi) is 10.4. The van der Waals surface area contributed by atoms with Crippen LogP contribution in [0.2, 0.25) is 0 Å². The van der Waals surface area contributed by atoms with Crippen LogP contribution in [0.4, 0.5) is 0 Å². The molecule has 7 heteroatoms. The molecule has 2 atom stereocenters. The molecule has 2 aliphatic rings. The molecule has 2 unspecified atom stereocenters. The summed E-state index contributed by atoms with van der Waals surface area (Å²) in [4.78, 5) is 15.0. The fraction of sp³-hybridized carbons (Fsp3) is 0.611. The molecule has 1 amide bonds. The Morgan fingerprint density at radius 3 is 2.60 bits per heavy atom. The van der Waals surface area contributed by atoms with Crippen LogP contribution in [0.25, 0.3) is 0 Å². The van der Waals surface area contributed by atoms with Crippen LogP contribution in [0, 0.1) is 5.92 Å². The number of carbonyl (C=O) groups excluding carboxylic acids is 1. The fourth-order valence-electron chi connectivity index (χ4n) is 3.33. The molecule has 2 N–H and O–H groups in total. The third kappa shape index (κ3) is 6.76. The monoisotopic (exact) mass is 389 g/mol. The number of morpholine rings is 1. The van der Waals surface area contributed by atoms with Gasteiger partial charge >= 0.3 is 0 Å². The molecule has 2 fully saturated rings. The third-order valence-corrected chi connectivity index (χ3v) is 4.73. The Labute approximate surface area is 162 Å². The molecule has 2 heterocycles. The number of halogens is 2. The Bertz CT molecular complexity index is 492. The first kappa shape index (κ1) is 22.2. The summed E-state index contributed by atoms with van der Waals surface area (Å²) in [6.45, 7) is 6.10. The first-order valence-electron chi connectivity index (χ1n) is 8.69. The number of benzene rings is 1. The van der Waals surface area contributed by atoms with E-state index in [2.05, 4.69) is 27.7 Å². The Hall–Kier alpha value is -0.850. The van der Waals surface area contributed by atoms with Gasteiger partial charge in [0.05, 0.1) is 25.2 Å². The van der Waals surface area contributed by atoms with E-state index < -0.39 is 0 Å². The third-order valence-electron chi connectivity index (χ3n) is 4.73. The number of hydrogen-bond acceptors (Lipinski definition) is 4. The predicted molar refractivity (Wildman–Crippen MR) is 105 cm³/mol. The molecule has 142 valence electrons. The van der Waals surface area contributed by atoms with Crippen LogP contribution in [-0.4, -0.2) is 56.7 Å². The maximum atomic E-state index is 12.6. The average Bonchev–Trinajstić information content (AvgIpc) is 2.63. The fourth-order valence-corrected chi connectivity index (χ4v) is 3.33. The molecule has 3 rings (SSSR count). The first-order valence-corrected chi connectivity index (χ1v) is 8.69. The van der Waals surface area contributed by atoms with E-state index in [9.17, 15) is 4.79 Å². The largest absolute Gasteiger partial charge is 0.379 e. The summed E-state index contributed by atoms with van der Waals surface area (Å²) >= 11 is 0. The lowest BCUT2D eigenvalue weighted by Crippen LogP contribution is -2.46. The second-order valence-electron chi connectivity index (χ2n) is 6.43. The minimum atomic E-state index is 0. The molecule has 0 saturated carbocycles. The summed E-state index contributed by atoms with van der Waals surface area (Å²) < 4.78 is 5.43. The van der Waals surface area contributed by atoms with Gasteiger partial charge in [-0.15, -0.1) is 24.8 Å². The van der Waals surface area contributed by atoms with Gasteiger partial charge in [-0.2, -0.15) is 0 Å². The van der Waals surface area contributed by atoms with Gasteiger partial charge in [-0.1, -0.05) is 30.3 Å². The van der Waals surface area contributed by atoms with Crippen molar-refractivity contribution in [2.75, 3.05) is 45.9 Å². The Balaban J connectivity index is 0.00000156. The molecular weight excluding hydrogens is 361 g/mol. The van der Waals surface area contributed by atoms with Crippen molar-refractivity contribution < 1.29 is 9.53 Å². The molecule has 0 spiro atoms. The van der Waals surface area contributed by atoms with Crippen molar-refractivity contribution in [2.24, 2.45) is 5.92 Å². The summed E-state index contributed by atoms with van der Waals surface area (Å²) in [5.41, 5.74) is 1.18. The van der Waals surface area contributed by atoms with Crippen molar-refractivity contribution in [2.45, 2.75) is 18.9 Å². The molecule has 1 aromatic rings. The van der Waals surface area contributed by atoms with Crippen LogP contribution in [0.3, 0.4) is 0 Å². The lowest BCUT2D eigenvalue weighted by Gasteiger charge is -2.32. The summed E-state index contributed by atoms with van der Waals surface area (Å²) in [5, 5.41) is 6.61.